The zero-order valence-electron chi connectivity index (χ0n) is 16.1. The molecular formula is C22H28ClNO2. The van der Waals surface area contributed by atoms with Crippen LogP contribution < -0.4 is 12.4 Å². The van der Waals surface area contributed by atoms with Crippen molar-refractivity contribution < 1.29 is 23.4 Å². The third-order valence-electron chi connectivity index (χ3n) is 4.90. The summed E-state index contributed by atoms with van der Waals surface area (Å²) < 4.78 is 5.41. The highest BCUT2D eigenvalue weighted by molar-refractivity contribution is 5.89. The minimum absolute atomic E-state index is 0. The van der Waals surface area contributed by atoms with Gasteiger partial charge in [0.15, 0.2) is 0 Å². The van der Waals surface area contributed by atoms with Crippen LogP contribution in [0.15, 0.2) is 60.7 Å². The highest BCUT2D eigenvalue weighted by atomic mass is 35.5. The van der Waals surface area contributed by atoms with E-state index < -0.39 is 0 Å². The van der Waals surface area contributed by atoms with Crippen molar-refractivity contribution >= 4 is 5.97 Å². The number of likely N-dealkylation sites (tertiary alicyclic amines) is 1. The van der Waals surface area contributed by atoms with Crippen molar-refractivity contribution in [2.45, 2.75) is 38.1 Å². The average Bonchev–Trinajstić information content (AvgIpc) is 2.68. The number of esters is 1. The van der Waals surface area contributed by atoms with Gasteiger partial charge in [0.2, 0.25) is 0 Å². The van der Waals surface area contributed by atoms with Crippen LogP contribution in [-0.2, 0) is 11.2 Å². The number of hydrogen-bond donors (Lipinski definition) is 0. The smallest absolute Gasteiger partial charge is 1.00 e. The SMILES string of the molecule is O=C(OCCCN1CCCCC1Cc1ccccc1)c1ccccc1.[Cl-].[H+]. The number of hydrogen-bond acceptors (Lipinski definition) is 3. The van der Waals surface area contributed by atoms with Crippen LogP contribution in [0.3, 0.4) is 0 Å². The molecule has 0 saturated carbocycles. The van der Waals surface area contributed by atoms with Gasteiger partial charge in [0.1, 0.15) is 0 Å². The molecule has 1 aliphatic heterocycles. The molecule has 3 nitrogen and oxygen atoms in total. The van der Waals surface area contributed by atoms with E-state index in [9.17, 15) is 4.79 Å². The van der Waals surface area contributed by atoms with E-state index in [-0.39, 0.29) is 19.8 Å². The molecule has 4 heteroatoms. The zero-order valence-corrected chi connectivity index (χ0v) is 15.9. The zero-order chi connectivity index (χ0) is 17.3. The van der Waals surface area contributed by atoms with Gasteiger partial charge in [-0.15, -0.1) is 0 Å². The van der Waals surface area contributed by atoms with Crippen molar-refractivity contribution in [3.05, 3.63) is 71.8 Å². The van der Waals surface area contributed by atoms with Gasteiger partial charge >= 0.3 is 7.40 Å². The fourth-order valence-corrected chi connectivity index (χ4v) is 3.56. The van der Waals surface area contributed by atoms with Crippen LogP contribution in [0.1, 0.15) is 43.0 Å². The average molecular weight is 374 g/mol. The van der Waals surface area contributed by atoms with Crippen molar-refractivity contribution in [1.29, 1.82) is 0 Å². The van der Waals surface area contributed by atoms with Gasteiger partial charge in [-0.05, 0) is 49.9 Å². The molecule has 0 amide bonds. The summed E-state index contributed by atoms with van der Waals surface area (Å²) in [5.41, 5.74) is 2.04. The summed E-state index contributed by atoms with van der Waals surface area (Å²) in [6.07, 6.45) is 5.86. The Bertz CT molecular complexity index is 654. The lowest BCUT2D eigenvalue weighted by molar-refractivity contribution is -0.0000246. The molecular weight excluding hydrogens is 346 g/mol. The first-order valence-electron chi connectivity index (χ1n) is 9.33. The van der Waals surface area contributed by atoms with Crippen LogP contribution in [0, 0.1) is 0 Å². The van der Waals surface area contributed by atoms with E-state index in [1.54, 1.807) is 12.1 Å². The molecule has 1 heterocycles. The minimum atomic E-state index is -0.222. The number of rotatable bonds is 7. The van der Waals surface area contributed by atoms with E-state index in [4.69, 9.17) is 4.74 Å². The van der Waals surface area contributed by atoms with Crippen molar-refractivity contribution in [2.75, 3.05) is 19.7 Å². The number of ether oxygens (including phenoxy) is 1. The number of nitrogens with zero attached hydrogens (tertiary/aromatic N) is 1. The summed E-state index contributed by atoms with van der Waals surface area (Å²) in [7, 11) is 0. The molecule has 0 spiro atoms. The van der Waals surface area contributed by atoms with Crippen molar-refractivity contribution in [3.63, 3.8) is 0 Å². The van der Waals surface area contributed by atoms with Gasteiger partial charge in [-0.1, -0.05) is 55.0 Å². The fraction of sp³-hybridized carbons (Fsp3) is 0.409. The van der Waals surface area contributed by atoms with E-state index >= 15 is 0 Å². The van der Waals surface area contributed by atoms with Crippen LogP contribution in [0.25, 0.3) is 0 Å². The van der Waals surface area contributed by atoms with Crippen molar-refractivity contribution in [1.82, 2.24) is 4.90 Å². The molecule has 1 aliphatic rings. The molecule has 0 bridgehead atoms. The summed E-state index contributed by atoms with van der Waals surface area (Å²) in [6, 6.07) is 20.6. The molecule has 26 heavy (non-hydrogen) atoms. The maximum absolute atomic E-state index is 12.0. The number of carbonyl (C=O) groups excluding carboxylic acids is 1. The van der Waals surface area contributed by atoms with Crippen molar-refractivity contribution in [2.24, 2.45) is 0 Å². The molecule has 2 aromatic rings. The molecule has 0 N–H and O–H groups in total. The van der Waals surface area contributed by atoms with E-state index in [0.29, 0.717) is 18.2 Å². The van der Waals surface area contributed by atoms with Crippen LogP contribution >= 0.6 is 0 Å². The Labute approximate surface area is 164 Å². The topological polar surface area (TPSA) is 29.5 Å². The highest BCUT2D eigenvalue weighted by Gasteiger charge is 2.22. The quantitative estimate of drug-likeness (QED) is 0.543. The van der Waals surface area contributed by atoms with E-state index in [1.165, 1.54) is 24.8 Å². The predicted octanol–water partition coefficient (Wildman–Crippen LogP) is 1.45. The van der Waals surface area contributed by atoms with Crippen LogP contribution in [0.5, 0.6) is 0 Å². The van der Waals surface area contributed by atoms with E-state index in [2.05, 4.69) is 35.2 Å². The van der Waals surface area contributed by atoms with Gasteiger partial charge in [-0.3, -0.25) is 4.90 Å². The molecule has 2 aromatic carbocycles. The van der Waals surface area contributed by atoms with Crippen LogP contribution in [-0.4, -0.2) is 36.6 Å². The first-order chi connectivity index (χ1) is 12.3. The summed E-state index contributed by atoms with van der Waals surface area (Å²) >= 11 is 0. The first-order valence-corrected chi connectivity index (χ1v) is 9.33. The monoisotopic (exact) mass is 373 g/mol. The van der Waals surface area contributed by atoms with Gasteiger partial charge in [-0.25, -0.2) is 4.79 Å². The van der Waals surface area contributed by atoms with Gasteiger partial charge in [-0.2, -0.15) is 0 Å². The highest BCUT2D eigenvalue weighted by Crippen LogP contribution is 2.21. The molecule has 1 fully saturated rings. The lowest BCUT2D eigenvalue weighted by Crippen LogP contribution is -3.00. The second kappa shape index (κ2) is 11.0. The van der Waals surface area contributed by atoms with Gasteiger partial charge in [0.05, 0.1) is 12.2 Å². The van der Waals surface area contributed by atoms with Crippen LogP contribution in [0.2, 0.25) is 0 Å². The second-order valence-corrected chi connectivity index (χ2v) is 6.73. The number of benzene rings is 2. The Morgan fingerprint density at radius 2 is 1.73 bits per heavy atom. The summed E-state index contributed by atoms with van der Waals surface area (Å²) in [5.74, 6) is -0.222. The van der Waals surface area contributed by atoms with Gasteiger partial charge in [0, 0.05) is 12.6 Å². The second-order valence-electron chi connectivity index (χ2n) is 6.73. The Kier molecular flexibility index (Phi) is 8.66. The van der Waals surface area contributed by atoms with E-state index in [0.717, 1.165) is 25.9 Å². The molecule has 1 saturated heterocycles. The molecule has 0 aliphatic carbocycles. The predicted molar refractivity (Wildman–Crippen MR) is 102 cm³/mol. The minimum Gasteiger partial charge on any atom is -1.00 e. The Balaban J connectivity index is 0.00000182. The molecule has 1 atom stereocenters. The third-order valence-corrected chi connectivity index (χ3v) is 4.90. The molecule has 0 radical (unpaired) electrons. The summed E-state index contributed by atoms with van der Waals surface area (Å²) in [4.78, 5) is 14.5. The third kappa shape index (κ3) is 6.15. The summed E-state index contributed by atoms with van der Waals surface area (Å²) in [5, 5.41) is 0. The van der Waals surface area contributed by atoms with Gasteiger partial charge < -0.3 is 17.1 Å². The standard InChI is InChI=1S/C22H27NO2.ClH/c24-22(20-12-5-2-6-13-20)25-17-9-16-23-15-8-7-14-21(23)18-19-10-3-1-4-11-19;/h1-6,10-13,21H,7-9,14-18H2;1H. The lowest BCUT2D eigenvalue weighted by Gasteiger charge is -2.36. The number of carbonyl (C=O) groups is 1. The Morgan fingerprint density at radius 1 is 1.04 bits per heavy atom. The van der Waals surface area contributed by atoms with Crippen molar-refractivity contribution in [3.8, 4) is 0 Å². The normalized spacial score (nSPS) is 17.3. The lowest BCUT2D eigenvalue weighted by atomic mass is 9.95. The molecule has 1 unspecified atom stereocenters. The maximum atomic E-state index is 12.0. The Hall–Kier alpha value is -1.84. The largest absolute Gasteiger partial charge is 1.00 e. The van der Waals surface area contributed by atoms with Gasteiger partial charge in [0.25, 0.3) is 0 Å². The number of halogens is 1. The fourth-order valence-electron chi connectivity index (χ4n) is 3.56. The van der Waals surface area contributed by atoms with E-state index in [1.807, 2.05) is 18.2 Å². The maximum Gasteiger partial charge on any atom is 1.00 e. The summed E-state index contributed by atoms with van der Waals surface area (Å²) in [6.45, 7) is 2.64. The molecule has 3 rings (SSSR count). The molecule has 140 valence electrons. The van der Waals surface area contributed by atoms with Crippen LogP contribution in [0.4, 0.5) is 0 Å². The molecule has 0 aromatic heterocycles. The number of piperidine rings is 1. The Morgan fingerprint density at radius 3 is 2.46 bits per heavy atom. The first kappa shape index (κ1) is 20.5.